The van der Waals surface area contributed by atoms with E-state index in [-0.39, 0.29) is 11.5 Å². The summed E-state index contributed by atoms with van der Waals surface area (Å²) in [6.07, 6.45) is 3.00. The number of likely N-dealkylation sites (tertiary alicyclic amines) is 1. The largest absolute Gasteiger partial charge is 0.445 e. The molecule has 4 heteroatoms. The van der Waals surface area contributed by atoms with Gasteiger partial charge >= 0.3 is 6.09 Å². The number of hydrogen-bond donors (Lipinski definition) is 0. The van der Waals surface area contributed by atoms with E-state index in [1.54, 1.807) is 4.90 Å². The van der Waals surface area contributed by atoms with E-state index >= 15 is 0 Å². The van der Waals surface area contributed by atoms with Crippen molar-refractivity contribution in [1.29, 1.82) is 0 Å². The highest BCUT2D eigenvalue weighted by Crippen LogP contribution is 2.46. The number of carbonyl (C=O) groups is 2. The summed E-state index contributed by atoms with van der Waals surface area (Å²) in [6, 6.07) is 9.69. The SMILES string of the molecule is CC1CC(=O)C2(CCN(C(=O)OCc3ccccc3)CC2)C1. The van der Waals surface area contributed by atoms with Gasteiger partial charge < -0.3 is 9.64 Å². The number of rotatable bonds is 2. The van der Waals surface area contributed by atoms with Crippen LogP contribution in [0.25, 0.3) is 0 Å². The van der Waals surface area contributed by atoms with Gasteiger partial charge in [0.2, 0.25) is 0 Å². The van der Waals surface area contributed by atoms with E-state index in [9.17, 15) is 9.59 Å². The molecular weight excluding hydrogens is 278 g/mol. The third-order valence-corrected chi connectivity index (χ3v) is 5.05. The first-order chi connectivity index (χ1) is 10.6. The Labute approximate surface area is 131 Å². The summed E-state index contributed by atoms with van der Waals surface area (Å²) in [4.78, 5) is 26.1. The van der Waals surface area contributed by atoms with E-state index in [1.807, 2.05) is 30.3 Å². The molecule has 22 heavy (non-hydrogen) atoms. The Morgan fingerprint density at radius 3 is 2.55 bits per heavy atom. The van der Waals surface area contributed by atoms with Crippen LogP contribution in [0.15, 0.2) is 30.3 Å². The standard InChI is InChI=1S/C18H23NO3/c1-14-11-16(20)18(12-14)7-9-19(10-8-18)17(21)22-13-15-5-3-2-4-6-15/h2-6,14H,7-13H2,1H3. The molecule has 0 radical (unpaired) electrons. The van der Waals surface area contributed by atoms with E-state index < -0.39 is 0 Å². The van der Waals surface area contributed by atoms with Gasteiger partial charge in [-0.1, -0.05) is 37.3 Å². The van der Waals surface area contributed by atoms with Crippen molar-refractivity contribution in [3.63, 3.8) is 0 Å². The van der Waals surface area contributed by atoms with Gasteiger partial charge in [0.25, 0.3) is 0 Å². The number of carbonyl (C=O) groups excluding carboxylic acids is 2. The van der Waals surface area contributed by atoms with Crippen molar-refractivity contribution in [3.8, 4) is 0 Å². The average Bonchev–Trinajstić information content (AvgIpc) is 2.80. The Kier molecular flexibility index (Phi) is 4.19. The van der Waals surface area contributed by atoms with Crippen LogP contribution in [0.2, 0.25) is 0 Å². The van der Waals surface area contributed by atoms with Crippen LogP contribution in [-0.4, -0.2) is 29.9 Å². The third-order valence-electron chi connectivity index (χ3n) is 5.05. The minimum atomic E-state index is -0.266. The molecule has 1 amide bonds. The number of piperidine rings is 1. The minimum absolute atomic E-state index is 0.157. The molecular formula is C18H23NO3. The zero-order valence-corrected chi connectivity index (χ0v) is 13.1. The second-order valence-corrected chi connectivity index (χ2v) is 6.74. The molecule has 1 aliphatic heterocycles. The molecule has 1 saturated carbocycles. The molecule has 1 unspecified atom stereocenters. The molecule has 1 aliphatic carbocycles. The molecule has 1 saturated heterocycles. The van der Waals surface area contributed by atoms with Crippen molar-refractivity contribution < 1.29 is 14.3 Å². The molecule has 1 aromatic carbocycles. The maximum atomic E-state index is 12.2. The van der Waals surface area contributed by atoms with Gasteiger partial charge in [0.05, 0.1) is 0 Å². The topological polar surface area (TPSA) is 46.6 Å². The highest BCUT2D eigenvalue weighted by molar-refractivity contribution is 5.87. The van der Waals surface area contributed by atoms with Gasteiger partial charge in [-0.2, -0.15) is 0 Å². The summed E-state index contributed by atoms with van der Waals surface area (Å²) in [5.41, 5.74) is 0.833. The van der Waals surface area contributed by atoms with Crippen molar-refractivity contribution in [2.45, 2.75) is 39.2 Å². The van der Waals surface area contributed by atoms with Crippen LogP contribution in [0.4, 0.5) is 4.79 Å². The molecule has 2 aliphatic rings. The Hall–Kier alpha value is -1.84. The molecule has 1 aromatic rings. The lowest BCUT2D eigenvalue weighted by Crippen LogP contribution is -2.45. The summed E-state index contributed by atoms with van der Waals surface area (Å²) in [6.45, 7) is 3.71. The fraction of sp³-hybridized carbons (Fsp3) is 0.556. The zero-order valence-electron chi connectivity index (χ0n) is 13.1. The summed E-state index contributed by atoms with van der Waals surface area (Å²) in [5, 5.41) is 0. The van der Waals surface area contributed by atoms with Crippen LogP contribution >= 0.6 is 0 Å². The molecule has 0 aromatic heterocycles. The maximum Gasteiger partial charge on any atom is 0.410 e. The maximum absolute atomic E-state index is 12.2. The predicted molar refractivity (Wildman–Crippen MR) is 83.3 cm³/mol. The van der Waals surface area contributed by atoms with Gasteiger partial charge in [0, 0.05) is 24.9 Å². The predicted octanol–water partition coefficient (Wildman–Crippen LogP) is 3.40. The Bertz CT molecular complexity index is 547. The first kappa shape index (κ1) is 15.1. The first-order valence-corrected chi connectivity index (χ1v) is 8.08. The monoisotopic (exact) mass is 301 g/mol. The average molecular weight is 301 g/mol. The van der Waals surface area contributed by atoms with E-state index in [1.165, 1.54) is 0 Å². The number of Topliss-reactive ketones (excluding diaryl/α,β-unsaturated/α-hetero) is 1. The van der Waals surface area contributed by atoms with Crippen LogP contribution in [0.5, 0.6) is 0 Å². The number of ether oxygens (including phenoxy) is 1. The van der Waals surface area contributed by atoms with Crippen LogP contribution in [-0.2, 0) is 16.1 Å². The van der Waals surface area contributed by atoms with Crippen LogP contribution in [0.3, 0.4) is 0 Å². The first-order valence-electron chi connectivity index (χ1n) is 8.08. The summed E-state index contributed by atoms with van der Waals surface area (Å²) >= 11 is 0. The molecule has 118 valence electrons. The Morgan fingerprint density at radius 2 is 1.95 bits per heavy atom. The van der Waals surface area contributed by atoms with Gasteiger partial charge in [0.15, 0.2) is 0 Å². The van der Waals surface area contributed by atoms with Gasteiger partial charge in [-0.3, -0.25) is 4.79 Å². The lowest BCUT2D eigenvalue weighted by molar-refractivity contribution is -0.128. The Balaban J connectivity index is 1.51. The van der Waals surface area contributed by atoms with Crippen molar-refractivity contribution in [1.82, 2.24) is 4.90 Å². The number of ketones is 1. The van der Waals surface area contributed by atoms with Crippen LogP contribution in [0, 0.1) is 11.3 Å². The van der Waals surface area contributed by atoms with Gasteiger partial charge in [0.1, 0.15) is 12.4 Å². The van der Waals surface area contributed by atoms with E-state index in [4.69, 9.17) is 4.74 Å². The number of hydrogen-bond acceptors (Lipinski definition) is 3. The van der Waals surface area contributed by atoms with E-state index in [0.717, 1.165) is 24.8 Å². The molecule has 1 spiro atoms. The van der Waals surface area contributed by atoms with Crippen molar-refractivity contribution in [2.75, 3.05) is 13.1 Å². The van der Waals surface area contributed by atoms with Gasteiger partial charge in [-0.25, -0.2) is 4.79 Å². The summed E-state index contributed by atoms with van der Waals surface area (Å²) < 4.78 is 5.37. The minimum Gasteiger partial charge on any atom is -0.445 e. The van der Waals surface area contributed by atoms with Gasteiger partial charge in [-0.15, -0.1) is 0 Å². The number of nitrogens with zero attached hydrogens (tertiary/aromatic N) is 1. The van der Waals surface area contributed by atoms with Crippen molar-refractivity contribution in [3.05, 3.63) is 35.9 Å². The highest BCUT2D eigenvalue weighted by Gasteiger charge is 2.47. The zero-order chi connectivity index (χ0) is 15.6. The van der Waals surface area contributed by atoms with E-state index in [2.05, 4.69) is 6.92 Å². The third kappa shape index (κ3) is 3.01. The lowest BCUT2D eigenvalue weighted by atomic mass is 9.76. The number of amides is 1. The summed E-state index contributed by atoms with van der Waals surface area (Å²) in [7, 11) is 0. The lowest BCUT2D eigenvalue weighted by Gasteiger charge is -2.37. The molecule has 2 fully saturated rings. The van der Waals surface area contributed by atoms with Crippen molar-refractivity contribution in [2.24, 2.45) is 11.3 Å². The highest BCUT2D eigenvalue weighted by atomic mass is 16.6. The molecule has 1 heterocycles. The smallest absolute Gasteiger partial charge is 0.410 e. The fourth-order valence-corrected chi connectivity index (χ4v) is 3.80. The second-order valence-electron chi connectivity index (χ2n) is 6.74. The van der Waals surface area contributed by atoms with Crippen molar-refractivity contribution >= 4 is 11.9 Å². The molecule has 0 bridgehead atoms. The quantitative estimate of drug-likeness (QED) is 0.841. The molecule has 0 N–H and O–H groups in total. The summed E-state index contributed by atoms with van der Waals surface area (Å²) in [5.74, 6) is 0.890. The molecule has 4 nitrogen and oxygen atoms in total. The normalized spacial score (nSPS) is 23.8. The Morgan fingerprint density at radius 1 is 1.27 bits per heavy atom. The van der Waals surface area contributed by atoms with Crippen LogP contribution < -0.4 is 0 Å². The number of benzene rings is 1. The van der Waals surface area contributed by atoms with E-state index in [0.29, 0.717) is 37.8 Å². The molecule has 1 atom stereocenters. The second kappa shape index (κ2) is 6.11. The van der Waals surface area contributed by atoms with Crippen LogP contribution in [0.1, 0.15) is 38.2 Å². The van der Waals surface area contributed by atoms with Gasteiger partial charge in [-0.05, 0) is 30.7 Å². The fourth-order valence-electron chi connectivity index (χ4n) is 3.80. The molecule has 3 rings (SSSR count).